The lowest BCUT2D eigenvalue weighted by Gasteiger charge is -2.14. The van der Waals surface area contributed by atoms with E-state index in [0.717, 1.165) is 6.42 Å². The summed E-state index contributed by atoms with van der Waals surface area (Å²) < 4.78 is 6.57. The Labute approximate surface area is 116 Å². The van der Waals surface area contributed by atoms with Crippen LogP contribution in [0, 0.1) is 0 Å². The van der Waals surface area contributed by atoms with Gasteiger partial charge in [0.05, 0.1) is 0 Å². The lowest BCUT2D eigenvalue weighted by molar-refractivity contribution is 0.191. The van der Waals surface area contributed by atoms with Crippen LogP contribution in [0.5, 0.6) is 0 Å². The highest BCUT2D eigenvalue weighted by molar-refractivity contribution is 5.37. The molecule has 0 saturated heterocycles. The molecule has 2 aromatic rings. The number of hydrogen-bond donors (Lipinski definition) is 3. The molecule has 0 aliphatic rings. The molecule has 0 spiro atoms. The van der Waals surface area contributed by atoms with Gasteiger partial charge in [0.1, 0.15) is 0 Å². The topological polar surface area (TPSA) is 116 Å². The number of nitrogen functional groups attached to an aromatic ring is 1. The fourth-order valence-corrected chi connectivity index (χ4v) is 1.57. The number of rotatable bonds is 7. The molecule has 108 valence electrons. The van der Waals surface area contributed by atoms with Crippen LogP contribution < -0.4 is 16.6 Å². The molecule has 1 atom stereocenters. The highest BCUT2D eigenvalue weighted by atomic mass is 16.5. The first-order chi connectivity index (χ1) is 9.72. The van der Waals surface area contributed by atoms with Crippen LogP contribution in [0.4, 0.5) is 11.9 Å². The van der Waals surface area contributed by atoms with E-state index in [1.807, 2.05) is 6.92 Å². The second kappa shape index (κ2) is 6.78. The smallest absolute Gasteiger partial charge is 0.257 e. The lowest BCUT2D eigenvalue weighted by atomic mass is 10.2. The molecule has 0 aliphatic heterocycles. The van der Waals surface area contributed by atoms with E-state index >= 15 is 0 Å². The van der Waals surface area contributed by atoms with Crippen molar-refractivity contribution in [3.63, 3.8) is 0 Å². The van der Waals surface area contributed by atoms with Gasteiger partial charge in [0.2, 0.25) is 11.9 Å². The summed E-state index contributed by atoms with van der Waals surface area (Å²) >= 11 is 0. The number of nitrogens with two attached hydrogens (primary N) is 1. The molecule has 0 saturated carbocycles. The van der Waals surface area contributed by atoms with Gasteiger partial charge in [0, 0.05) is 32.2 Å². The van der Waals surface area contributed by atoms with E-state index in [4.69, 9.17) is 10.6 Å². The Bertz CT molecular complexity index is 529. The Balaban J connectivity index is 2.18. The molecule has 4 N–H and O–H groups in total. The van der Waals surface area contributed by atoms with Crippen LogP contribution in [0.15, 0.2) is 18.5 Å². The summed E-state index contributed by atoms with van der Waals surface area (Å²) in [5.41, 5.74) is 2.42. The second-order valence-electron chi connectivity index (χ2n) is 4.20. The molecule has 0 bridgehead atoms. The van der Waals surface area contributed by atoms with Gasteiger partial charge in [-0.15, -0.1) is 0 Å². The van der Waals surface area contributed by atoms with Gasteiger partial charge in [-0.25, -0.2) is 10.5 Å². The minimum atomic E-state index is 0.161. The zero-order valence-electron chi connectivity index (χ0n) is 11.4. The minimum absolute atomic E-state index is 0.161. The van der Waals surface area contributed by atoms with Crippen LogP contribution in [0.3, 0.4) is 0 Å². The van der Waals surface area contributed by atoms with Crippen molar-refractivity contribution in [2.45, 2.75) is 19.4 Å². The molecule has 2 heterocycles. The number of ether oxygens (including phenoxy) is 1. The number of nitrogens with zero attached hydrogens (tertiary/aromatic N) is 5. The van der Waals surface area contributed by atoms with Crippen molar-refractivity contribution in [2.75, 3.05) is 24.5 Å². The molecule has 0 radical (unpaired) electrons. The minimum Gasteiger partial charge on any atom is -0.385 e. The van der Waals surface area contributed by atoms with Crippen molar-refractivity contribution in [1.82, 2.24) is 24.7 Å². The molecule has 0 aromatic carbocycles. The zero-order valence-corrected chi connectivity index (χ0v) is 11.4. The van der Waals surface area contributed by atoms with Gasteiger partial charge in [-0.05, 0) is 19.4 Å². The van der Waals surface area contributed by atoms with Gasteiger partial charge < -0.3 is 10.1 Å². The van der Waals surface area contributed by atoms with E-state index in [-0.39, 0.29) is 12.0 Å². The first-order valence-corrected chi connectivity index (χ1v) is 6.21. The maximum atomic E-state index is 5.37. The number of hydrazine groups is 1. The summed E-state index contributed by atoms with van der Waals surface area (Å²) in [5, 5.41) is 7.25. The van der Waals surface area contributed by atoms with E-state index < -0.39 is 0 Å². The molecule has 9 heteroatoms. The predicted octanol–water partition coefficient (Wildman–Crippen LogP) is 0.180. The molecule has 0 fully saturated rings. The number of nitrogens with one attached hydrogen (secondary N) is 2. The molecular weight excluding hydrogens is 260 g/mol. The van der Waals surface area contributed by atoms with Gasteiger partial charge in [-0.3, -0.25) is 5.43 Å². The monoisotopic (exact) mass is 278 g/mol. The average Bonchev–Trinajstić information content (AvgIpc) is 2.99. The maximum Gasteiger partial charge on any atom is 0.257 e. The number of hydrogen-bond acceptors (Lipinski definition) is 8. The van der Waals surface area contributed by atoms with Crippen LogP contribution in [-0.4, -0.2) is 44.5 Å². The van der Waals surface area contributed by atoms with Crippen molar-refractivity contribution in [2.24, 2.45) is 5.84 Å². The number of aromatic nitrogens is 5. The largest absolute Gasteiger partial charge is 0.385 e. The molecule has 2 aromatic heterocycles. The average molecular weight is 278 g/mol. The Morgan fingerprint density at radius 1 is 1.35 bits per heavy atom. The standard InChI is InChI=1S/C11H18N8O/c1-8(4-7-20-2)14-9-15-10(18-12)17-11(16-9)19-6-3-5-13-19/h3,5-6,8H,4,7,12H2,1-2H3,(H2,14,15,16,17,18). The summed E-state index contributed by atoms with van der Waals surface area (Å²) in [4.78, 5) is 12.6. The van der Waals surface area contributed by atoms with Crippen molar-refractivity contribution < 1.29 is 4.74 Å². The number of anilines is 2. The first kappa shape index (κ1) is 14.2. The van der Waals surface area contributed by atoms with Gasteiger partial charge in [0.15, 0.2) is 0 Å². The van der Waals surface area contributed by atoms with Crippen molar-refractivity contribution in [1.29, 1.82) is 0 Å². The summed E-state index contributed by atoms with van der Waals surface area (Å²) in [6, 6.07) is 1.95. The summed E-state index contributed by atoms with van der Waals surface area (Å²) in [6.45, 7) is 2.68. The van der Waals surface area contributed by atoms with Crippen molar-refractivity contribution in [3.8, 4) is 5.95 Å². The van der Waals surface area contributed by atoms with E-state index in [2.05, 4.69) is 30.8 Å². The summed E-state index contributed by atoms with van der Waals surface area (Å²) in [5.74, 6) is 6.46. The SMILES string of the molecule is COCCC(C)Nc1nc(NN)nc(-n2cccn2)n1. The quantitative estimate of drug-likeness (QED) is 0.485. The third-order valence-corrected chi connectivity index (χ3v) is 2.59. The van der Waals surface area contributed by atoms with E-state index in [0.29, 0.717) is 18.5 Å². The molecule has 0 aliphatic carbocycles. The molecular formula is C11H18N8O. The van der Waals surface area contributed by atoms with E-state index in [1.54, 1.807) is 25.6 Å². The first-order valence-electron chi connectivity index (χ1n) is 6.21. The normalized spacial score (nSPS) is 12.2. The molecule has 2 rings (SSSR count). The maximum absolute atomic E-state index is 5.37. The molecule has 9 nitrogen and oxygen atoms in total. The predicted molar refractivity (Wildman–Crippen MR) is 74.3 cm³/mol. The third kappa shape index (κ3) is 3.62. The van der Waals surface area contributed by atoms with Gasteiger partial charge >= 0.3 is 0 Å². The molecule has 20 heavy (non-hydrogen) atoms. The number of methoxy groups -OCH3 is 1. The Hall–Kier alpha value is -2.26. The molecule has 0 amide bonds. The zero-order chi connectivity index (χ0) is 14.4. The van der Waals surface area contributed by atoms with Crippen LogP contribution in [0.1, 0.15) is 13.3 Å². The van der Waals surface area contributed by atoms with Crippen LogP contribution >= 0.6 is 0 Å². The lowest BCUT2D eigenvalue weighted by Crippen LogP contribution is -2.21. The van der Waals surface area contributed by atoms with Crippen molar-refractivity contribution in [3.05, 3.63) is 18.5 Å². The van der Waals surface area contributed by atoms with Crippen LogP contribution in [0.2, 0.25) is 0 Å². The third-order valence-electron chi connectivity index (χ3n) is 2.59. The van der Waals surface area contributed by atoms with Crippen LogP contribution in [-0.2, 0) is 4.74 Å². The van der Waals surface area contributed by atoms with Crippen molar-refractivity contribution >= 4 is 11.9 Å². The summed E-state index contributed by atoms with van der Waals surface area (Å²) in [7, 11) is 1.67. The van der Waals surface area contributed by atoms with Crippen LogP contribution in [0.25, 0.3) is 5.95 Å². The van der Waals surface area contributed by atoms with E-state index in [1.165, 1.54) is 4.68 Å². The summed E-state index contributed by atoms with van der Waals surface area (Å²) in [6.07, 6.45) is 4.23. The Kier molecular flexibility index (Phi) is 4.80. The second-order valence-corrected chi connectivity index (χ2v) is 4.20. The van der Waals surface area contributed by atoms with E-state index in [9.17, 15) is 0 Å². The highest BCUT2D eigenvalue weighted by Crippen LogP contribution is 2.09. The fourth-order valence-electron chi connectivity index (χ4n) is 1.57. The fraction of sp³-hybridized carbons (Fsp3) is 0.455. The Morgan fingerprint density at radius 3 is 2.80 bits per heavy atom. The van der Waals surface area contributed by atoms with Gasteiger partial charge in [-0.2, -0.15) is 20.1 Å². The molecule has 1 unspecified atom stereocenters. The highest BCUT2D eigenvalue weighted by Gasteiger charge is 2.10. The Morgan fingerprint density at radius 2 is 2.15 bits per heavy atom. The van der Waals surface area contributed by atoms with Gasteiger partial charge in [-0.1, -0.05) is 0 Å². The van der Waals surface area contributed by atoms with Gasteiger partial charge in [0.25, 0.3) is 5.95 Å².